The summed E-state index contributed by atoms with van der Waals surface area (Å²) in [6.07, 6.45) is 4.67. The Morgan fingerprint density at radius 2 is 1.36 bits per heavy atom. The molecular weight excluding hydrogens is 431 g/mol. The number of hydrogen-bond acceptors (Lipinski definition) is 3. The number of thiophene rings is 1. The van der Waals surface area contributed by atoms with Crippen molar-refractivity contribution < 1.29 is 13.9 Å². The molecule has 1 aliphatic carbocycles. The third-order valence-electron chi connectivity index (χ3n) is 6.65. The van der Waals surface area contributed by atoms with Gasteiger partial charge in [-0.25, -0.2) is 4.39 Å². The van der Waals surface area contributed by atoms with Gasteiger partial charge in [-0.05, 0) is 109 Å². The monoisotopic (exact) mass is 460 g/mol. The van der Waals surface area contributed by atoms with Crippen LogP contribution >= 0.6 is 11.3 Å². The van der Waals surface area contributed by atoms with E-state index in [1.807, 2.05) is 25.1 Å². The zero-order valence-electron chi connectivity index (χ0n) is 18.9. The molecule has 170 valence electrons. The Morgan fingerprint density at radius 3 is 2.00 bits per heavy atom. The van der Waals surface area contributed by atoms with Gasteiger partial charge in [0.05, 0.1) is 6.61 Å². The van der Waals surface area contributed by atoms with Crippen LogP contribution in [0.25, 0.3) is 10.1 Å². The van der Waals surface area contributed by atoms with Crippen molar-refractivity contribution in [2.45, 2.75) is 51.0 Å². The number of ether oxygens (including phenoxy) is 2. The zero-order valence-corrected chi connectivity index (χ0v) is 19.7. The van der Waals surface area contributed by atoms with Crippen molar-refractivity contribution in [2.24, 2.45) is 0 Å². The SMILES string of the molecule is CCOc1ccc2cc(COc3ccc(C4CCC(c5ccc(F)cc5)CC4)cc3)sc2c1. The third-order valence-corrected chi connectivity index (χ3v) is 7.73. The molecule has 0 aliphatic heterocycles. The molecule has 5 rings (SSSR count). The lowest BCUT2D eigenvalue weighted by Crippen LogP contribution is -2.12. The number of benzene rings is 3. The lowest BCUT2D eigenvalue weighted by Gasteiger charge is -2.29. The summed E-state index contributed by atoms with van der Waals surface area (Å²) in [5.41, 5.74) is 2.67. The van der Waals surface area contributed by atoms with Crippen molar-refractivity contribution in [1.29, 1.82) is 0 Å². The number of halogens is 1. The van der Waals surface area contributed by atoms with Crippen LogP contribution < -0.4 is 9.47 Å². The van der Waals surface area contributed by atoms with Crippen molar-refractivity contribution in [3.05, 3.63) is 94.6 Å². The van der Waals surface area contributed by atoms with E-state index >= 15 is 0 Å². The van der Waals surface area contributed by atoms with Crippen molar-refractivity contribution in [3.63, 3.8) is 0 Å². The van der Waals surface area contributed by atoms with Crippen LogP contribution in [0.2, 0.25) is 0 Å². The van der Waals surface area contributed by atoms with Gasteiger partial charge in [-0.3, -0.25) is 0 Å². The van der Waals surface area contributed by atoms with Gasteiger partial charge in [-0.2, -0.15) is 0 Å². The molecule has 0 spiro atoms. The lowest BCUT2D eigenvalue weighted by molar-refractivity contribution is 0.309. The molecule has 0 radical (unpaired) electrons. The minimum Gasteiger partial charge on any atom is -0.494 e. The summed E-state index contributed by atoms with van der Waals surface area (Å²) in [5, 5.41) is 1.23. The average Bonchev–Trinajstić information content (AvgIpc) is 3.26. The van der Waals surface area contributed by atoms with Crippen LogP contribution in [0, 0.1) is 5.82 Å². The fourth-order valence-corrected chi connectivity index (χ4v) is 5.89. The molecule has 1 saturated carbocycles. The first-order valence-corrected chi connectivity index (χ1v) is 12.6. The molecule has 1 heterocycles. The second kappa shape index (κ2) is 9.96. The summed E-state index contributed by atoms with van der Waals surface area (Å²) in [6.45, 7) is 3.26. The Bertz CT molecular complexity index is 1190. The van der Waals surface area contributed by atoms with Crippen LogP contribution in [-0.2, 0) is 6.61 Å². The molecule has 1 fully saturated rings. The number of hydrogen-bond donors (Lipinski definition) is 0. The van der Waals surface area contributed by atoms with Gasteiger partial charge in [-0.15, -0.1) is 11.3 Å². The summed E-state index contributed by atoms with van der Waals surface area (Å²) in [5.74, 6) is 2.82. The molecule has 0 saturated heterocycles. The molecule has 0 amide bonds. The maximum atomic E-state index is 13.2. The molecule has 4 heteroatoms. The van der Waals surface area contributed by atoms with Crippen LogP contribution in [0.15, 0.2) is 72.8 Å². The van der Waals surface area contributed by atoms with E-state index in [2.05, 4.69) is 42.5 Å². The molecule has 0 bridgehead atoms. The van der Waals surface area contributed by atoms with Gasteiger partial charge in [0.15, 0.2) is 0 Å². The van der Waals surface area contributed by atoms with Gasteiger partial charge in [-0.1, -0.05) is 24.3 Å². The van der Waals surface area contributed by atoms with Crippen LogP contribution in [0.3, 0.4) is 0 Å². The Morgan fingerprint density at radius 1 is 0.758 bits per heavy atom. The molecule has 4 aromatic rings. The first-order chi connectivity index (χ1) is 16.2. The fraction of sp³-hybridized carbons (Fsp3) is 0.310. The van der Waals surface area contributed by atoms with Gasteiger partial charge in [0.25, 0.3) is 0 Å². The normalized spacial score (nSPS) is 18.4. The molecule has 0 atom stereocenters. The summed E-state index contributed by atoms with van der Waals surface area (Å²) in [7, 11) is 0. The van der Waals surface area contributed by atoms with E-state index in [1.165, 1.54) is 38.9 Å². The van der Waals surface area contributed by atoms with Gasteiger partial charge >= 0.3 is 0 Å². The van der Waals surface area contributed by atoms with Gasteiger partial charge < -0.3 is 9.47 Å². The highest BCUT2D eigenvalue weighted by molar-refractivity contribution is 7.19. The summed E-state index contributed by atoms with van der Waals surface area (Å²) >= 11 is 1.76. The quantitative estimate of drug-likeness (QED) is 0.275. The van der Waals surface area contributed by atoms with Gasteiger partial charge in [0.1, 0.15) is 23.9 Å². The van der Waals surface area contributed by atoms with Gasteiger partial charge in [0.2, 0.25) is 0 Å². The van der Waals surface area contributed by atoms with E-state index in [1.54, 1.807) is 23.5 Å². The van der Waals surface area contributed by atoms with E-state index in [9.17, 15) is 4.39 Å². The highest BCUT2D eigenvalue weighted by Gasteiger charge is 2.23. The number of rotatable bonds is 7. The topological polar surface area (TPSA) is 18.5 Å². The molecule has 33 heavy (non-hydrogen) atoms. The standard InChI is InChI=1S/C29H29FO2S/c1-2-31-27-16-11-24-17-28(33-29(24)18-27)19-32-26-14-9-23(10-15-26)21-5-3-20(4-6-21)22-7-12-25(30)13-8-22/h7-18,20-21H,2-6,19H2,1H3. The van der Waals surface area contributed by atoms with E-state index in [0.717, 1.165) is 24.3 Å². The summed E-state index contributed by atoms with van der Waals surface area (Å²) < 4.78 is 26.1. The van der Waals surface area contributed by atoms with Gasteiger partial charge in [0, 0.05) is 9.58 Å². The minimum atomic E-state index is -0.155. The Balaban J connectivity index is 1.16. The zero-order chi connectivity index (χ0) is 22.6. The van der Waals surface area contributed by atoms with Crippen LogP contribution in [0.5, 0.6) is 11.5 Å². The smallest absolute Gasteiger partial charge is 0.123 e. The van der Waals surface area contributed by atoms with Crippen LogP contribution in [0.4, 0.5) is 4.39 Å². The van der Waals surface area contributed by atoms with Crippen LogP contribution in [-0.4, -0.2) is 6.61 Å². The third kappa shape index (κ3) is 5.22. The maximum absolute atomic E-state index is 13.2. The molecule has 3 aromatic carbocycles. The Hall–Kier alpha value is -2.85. The first-order valence-electron chi connectivity index (χ1n) is 11.8. The minimum absolute atomic E-state index is 0.155. The van der Waals surface area contributed by atoms with Crippen molar-refractivity contribution >= 4 is 21.4 Å². The summed E-state index contributed by atoms with van der Waals surface area (Å²) in [6, 6.07) is 24.1. The maximum Gasteiger partial charge on any atom is 0.123 e. The van der Waals surface area contributed by atoms with Crippen molar-refractivity contribution in [2.75, 3.05) is 6.61 Å². The lowest BCUT2D eigenvalue weighted by atomic mass is 9.76. The van der Waals surface area contributed by atoms with Crippen molar-refractivity contribution in [3.8, 4) is 11.5 Å². The predicted octanol–water partition coefficient (Wildman–Crippen LogP) is 8.46. The largest absolute Gasteiger partial charge is 0.494 e. The highest BCUT2D eigenvalue weighted by Crippen LogP contribution is 2.40. The first kappa shape index (κ1) is 22.0. The Labute approximate surface area is 199 Å². The second-order valence-corrected chi connectivity index (χ2v) is 9.97. The second-order valence-electron chi connectivity index (χ2n) is 8.80. The van der Waals surface area contributed by atoms with E-state index in [-0.39, 0.29) is 5.82 Å². The average molecular weight is 461 g/mol. The molecule has 0 unspecified atom stereocenters. The Kier molecular flexibility index (Phi) is 6.63. The molecule has 1 aromatic heterocycles. The van der Waals surface area contributed by atoms with Crippen LogP contribution in [0.1, 0.15) is 60.4 Å². The summed E-state index contributed by atoms with van der Waals surface area (Å²) in [4.78, 5) is 1.21. The van der Waals surface area contributed by atoms with E-state index in [0.29, 0.717) is 25.0 Å². The fourth-order valence-electron chi connectivity index (χ4n) is 4.88. The van der Waals surface area contributed by atoms with E-state index < -0.39 is 0 Å². The van der Waals surface area contributed by atoms with Crippen molar-refractivity contribution in [1.82, 2.24) is 0 Å². The number of fused-ring (bicyclic) bond motifs is 1. The predicted molar refractivity (Wildman–Crippen MR) is 134 cm³/mol. The molecule has 2 nitrogen and oxygen atoms in total. The molecule has 1 aliphatic rings. The van der Waals surface area contributed by atoms with E-state index in [4.69, 9.17) is 9.47 Å². The highest BCUT2D eigenvalue weighted by atomic mass is 32.1. The molecule has 0 N–H and O–H groups in total. The molecular formula is C29H29FO2S.